The van der Waals surface area contributed by atoms with E-state index in [0.29, 0.717) is 27.4 Å². The minimum atomic E-state index is -0.441. The molecule has 0 saturated heterocycles. The molecule has 0 aliphatic heterocycles. The Bertz CT molecular complexity index is 1200. The van der Waals surface area contributed by atoms with Gasteiger partial charge in [0.25, 0.3) is 11.7 Å². The number of thiazole rings is 1. The zero-order valence-corrected chi connectivity index (χ0v) is 17.2. The number of carbonyl (C=O) groups excluding carboxylic acids is 1. The lowest BCUT2D eigenvalue weighted by atomic mass is 10.1. The van der Waals surface area contributed by atoms with E-state index < -0.39 is 5.91 Å². The molecule has 0 unspecified atom stereocenters. The quantitative estimate of drug-likeness (QED) is 0.517. The minimum Gasteiger partial charge on any atom is -0.295 e. The number of amides is 1. The van der Waals surface area contributed by atoms with Crippen molar-refractivity contribution in [2.45, 2.75) is 20.3 Å². The van der Waals surface area contributed by atoms with Crippen molar-refractivity contribution >= 4 is 51.4 Å². The zero-order chi connectivity index (χ0) is 19.8. The van der Waals surface area contributed by atoms with Gasteiger partial charge in [0.05, 0.1) is 10.0 Å². The Hall–Kier alpha value is -2.55. The van der Waals surface area contributed by atoms with Crippen LogP contribution < -0.4 is 5.32 Å². The molecule has 3 aromatic heterocycles. The van der Waals surface area contributed by atoms with Gasteiger partial charge in [0.2, 0.25) is 5.82 Å². The van der Waals surface area contributed by atoms with E-state index in [1.54, 1.807) is 12.3 Å². The zero-order valence-electron chi connectivity index (χ0n) is 14.9. The number of carbonyl (C=O) groups is 1. The number of fused-ring (bicyclic) bond motifs is 1. The Morgan fingerprint density at radius 1 is 1.25 bits per heavy atom. The van der Waals surface area contributed by atoms with Crippen molar-refractivity contribution in [2.24, 2.45) is 0 Å². The molecule has 0 spiro atoms. The molecule has 0 radical (unpaired) electrons. The normalized spacial score (nSPS) is 11.1. The second-order valence-electron chi connectivity index (χ2n) is 6.16. The van der Waals surface area contributed by atoms with E-state index in [1.807, 2.05) is 32.0 Å². The van der Waals surface area contributed by atoms with Gasteiger partial charge in [-0.2, -0.15) is 4.98 Å². The number of nitrogens with one attached hydrogen (secondary N) is 1. The fourth-order valence-electron chi connectivity index (χ4n) is 2.74. The third-order valence-electron chi connectivity index (χ3n) is 3.99. The lowest BCUT2D eigenvalue weighted by Gasteiger charge is -2.03. The van der Waals surface area contributed by atoms with Gasteiger partial charge in [-0.05, 0) is 31.5 Å². The van der Waals surface area contributed by atoms with Gasteiger partial charge in [-0.1, -0.05) is 35.3 Å². The highest BCUT2D eigenvalue weighted by Gasteiger charge is 2.17. The molecule has 0 aliphatic carbocycles. The van der Waals surface area contributed by atoms with E-state index >= 15 is 0 Å². The number of anilines is 1. The van der Waals surface area contributed by atoms with E-state index in [9.17, 15) is 4.79 Å². The molecule has 0 saturated carbocycles. The Kier molecular flexibility index (Phi) is 5.01. The predicted octanol–water partition coefficient (Wildman–Crippen LogP) is 4.35. The maximum Gasteiger partial charge on any atom is 0.297 e. The lowest BCUT2D eigenvalue weighted by Crippen LogP contribution is -2.13. The smallest absolute Gasteiger partial charge is 0.295 e. The minimum absolute atomic E-state index is 0.0378. The first-order valence-corrected chi connectivity index (χ1v) is 9.88. The number of nitrogens with zero attached hydrogens (tertiary/aromatic N) is 5. The van der Waals surface area contributed by atoms with E-state index in [-0.39, 0.29) is 5.82 Å². The molecular formula is C18H14Cl2N6OS. The summed E-state index contributed by atoms with van der Waals surface area (Å²) in [6, 6.07) is 7.37. The van der Waals surface area contributed by atoms with Gasteiger partial charge in [0.15, 0.2) is 5.13 Å². The van der Waals surface area contributed by atoms with Crippen molar-refractivity contribution in [2.75, 3.05) is 5.32 Å². The molecule has 142 valence electrons. The summed E-state index contributed by atoms with van der Waals surface area (Å²) in [4.78, 5) is 26.2. The SMILES string of the molecule is Cc1cc(C)n2nc(C(=O)Nc3ncc(Cc4cccc(Cl)c4Cl)s3)nc2n1. The number of hydrogen-bond acceptors (Lipinski definition) is 6. The summed E-state index contributed by atoms with van der Waals surface area (Å²) in [6.45, 7) is 3.75. The van der Waals surface area contributed by atoms with Crippen molar-refractivity contribution in [3.8, 4) is 0 Å². The monoisotopic (exact) mass is 432 g/mol. The number of aromatic nitrogens is 5. The molecule has 0 atom stereocenters. The highest BCUT2D eigenvalue weighted by Crippen LogP contribution is 2.29. The van der Waals surface area contributed by atoms with Crippen LogP contribution in [-0.4, -0.2) is 30.5 Å². The van der Waals surface area contributed by atoms with Gasteiger partial charge in [0, 0.05) is 28.9 Å². The van der Waals surface area contributed by atoms with Crippen LogP contribution in [0.1, 0.15) is 32.4 Å². The highest BCUT2D eigenvalue weighted by molar-refractivity contribution is 7.15. The van der Waals surface area contributed by atoms with Crippen LogP contribution >= 0.6 is 34.5 Å². The van der Waals surface area contributed by atoms with Crippen LogP contribution in [0.3, 0.4) is 0 Å². The second-order valence-corrected chi connectivity index (χ2v) is 8.06. The summed E-state index contributed by atoms with van der Waals surface area (Å²) in [5, 5.41) is 8.44. The molecule has 0 fully saturated rings. The molecule has 28 heavy (non-hydrogen) atoms. The molecule has 1 N–H and O–H groups in total. The first-order chi connectivity index (χ1) is 13.4. The Morgan fingerprint density at radius 2 is 2.07 bits per heavy atom. The van der Waals surface area contributed by atoms with E-state index in [1.165, 1.54) is 15.9 Å². The molecule has 1 amide bonds. The van der Waals surface area contributed by atoms with Crippen LogP contribution in [0.15, 0.2) is 30.5 Å². The van der Waals surface area contributed by atoms with Gasteiger partial charge in [-0.3, -0.25) is 10.1 Å². The molecule has 0 bridgehead atoms. The average Bonchev–Trinajstić information content (AvgIpc) is 3.26. The highest BCUT2D eigenvalue weighted by atomic mass is 35.5. The molecule has 3 heterocycles. The molecule has 1 aromatic carbocycles. The van der Waals surface area contributed by atoms with Gasteiger partial charge in [0.1, 0.15) is 0 Å². The van der Waals surface area contributed by atoms with Crippen molar-refractivity contribution in [3.05, 3.63) is 68.2 Å². The van der Waals surface area contributed by atoms with E-state index in [4.69, 9.17) is 23.2 Å². The molecule has 10 heteroatoms. The Balaban J connectivity index is 1.51. The standard InChI is InChI=1S/C18H14Cl2N6OS/c1-9-6-10(2)26-17(22-9)23-15(25-26)16(27)24-18-21-8-12(28-18)7-11-4-3-5-13(19)14(11)20/h3-6,8H,7H2,1-2H3,(H,21,24,27). The van der Waals surface area contributed by atoms with Crippen LogP contribution in [0, 0.1) is 13.8 Å². The molecule has 0 aliphatic rings. The first kappa shape index (κ1) is 18.8. The Morgan fingerprint density at radius 3 is 2.89 bits per heavy atom. The summed E-state index contributed by atoms with van der Waals surface area (Å²) in [5.74, 6) is -0.0156. The fraction of sp³-hybridized carbons (Fsp3) is 0.167. The third-order valence-corrected chi connectivity index (χ3v) is 5.76. The van der Waals surface area contributed by atoms with Crippen LogP contribution in [0.5, 0.6) is 0 Å². The van der Waals surface area contributed by atoms with Gasteiger partial charge in [-0.25, -0.2) is 14.5 Å². The van der Waals surface area contributed by atoms with E-state index in [0.717, 1.165) is 21.8 Å². The van der Waals surface area contributed by atoms with Gasteiger partial charge < -0.3 is 0 Å². The second kappa shape index (κ2) is 7.46. The van der Waals surface area contributed by atoms with Gasteiger partial charge >= 0.3 is 0 Å². The summed E-state index contributed by atoms with van der Waals surface area (Å²) in [6.07, 6.45) is 2.27. The van der Waals surface area contributed by atoms with Crippen molar-refractivity contribution in [1.82, 2.24) is 24.6 Å². The number of rotatable bonds is 4. The topological polar surface area (TPSA) is 85.1 Å². The summed E-state index contributed by atoms with van der Waals surface area (Å²) >= 11 is 13.6. The lowest BCUT2D eigenvalue weighted by molar-refractivity contribution is 0.101. The van der Waals surface area contributed by atoms with Crippen molar-refractivity contribution < 1.29 is 4.79 Å². The Labute approximate surface area is 174 Å². The van der Waals surface area contributed by atoms with Gasteiger partial charge in [-0.15, -0.1) is 16.4 Å². The predicted molar refractivity (Wildman–Crippen MR) is 110 cm³/mol. The maximum absolute atomic E-state index is 12.5. The number of hydrogen-bond donors (Lipinski definition) is 1. The van der Waals surface area contributed by atoms with Crippen molar-refractivity contribution in [1.29, 1.82) is 0 Å². The molecule has 7 nitrogen and oxygen atoms in total. The largest absolute Gasteiger partial charge is 0.297 e. The number of halogens is 2. The fourth-order valence-corrected chi connectivity index (χ4v) is 3.95. The van der Waals surface area contributed by atoms with Crippen LogP contribution in [0.25, 0.3) is 5.78 Å². The van der Waals surface area contributed by atoms with Crippen LogP contribution in [0.2, 0.25) is 10.0 Å². The third kappa shape index (κ3) is 3.71. The number of benzene rings is 1. The summed E-state index contributed by atoms with van der Waals surface area (Å²) in [7, 11) is 0. The average molecular weight is 433 g/mol. The molecule has 4 aromatic rings. The first-order valence-electron chi connectivity index (χ1n) is 8.30. The van der Waals surface area contributed by atoms with E-state index in [2.05, 4.69) is 25.4 Å². The van der Waals surface area contributed by atoms with Crippen LogP contribution in [-0.2, 0) is 6.42 Å². The molecule has 4 rings (SSSR count). The molecular weight excluding hydrogens is 419 g/mol. The number of aryl methyl sites for hydroxylation is 2. The summed E-state index contributed by atoms with van der Waals surface area (Å²) < 4.78 is 1.54. The van der Waals surface area contributed by atoms with Crippen LogP contribution in [0.4, 0.5) is 5.13 Å². The summed E-state index contributed by atoms with van der Waals surface area (Å²) in [5.41, 5.74) is 2.56. The van der Waals surface area contributed by atoms with Crippen molar-refractivity contribution in [3.63, 3.8) is 0 Å². The maximum atomic E-state index is 12.5.